The van der Waals surface area contributed by atoms with Gasteiger partial charge in [0.15, 0.2) is 0 Å². The third-order valence-corrected chi connectivity index (χ3v) is 4.76. The standard InChI is InChI=1S/C20H16N4O4/c1-11(23-18(26)13-7-3-4-8-14(13)19(23)27)17(25)22-24-12(2)21-16-10-6-5-9-15(16)20(24)28/h3-11H,1-2H3,(H,22,25). The lowest BCUT2D eigenvalue weighted by molar-refractivity contribution is -0.120. The highest BCUT2D eigenvalue weighted by molar-refractivity contribution is 6.23. The molecule has 8 heteroatoms. The van der Waals surface area contributed by atoms with E-state index in [2.05, 4.69) is 10.4 Å². The van der Waals surface area contributed by atoms with Crippen LogP contribution in [0.5, 0.6) is 0 Å². The number of amides is 3. The fourth-order valence-electron chi connectivity index (χ4n) is 3.26. The van der Waals surface area contributed by atoms with Crippen LogP contribution in [-0.2, 0) is 4.79 Å². The van der Waals surface area contributed by atoms with Gasteiger partial charge in [-0.05, 0) is 38.1 Å². The number of hydrogen-bond donors (Lipinski definition) is 1. The van der Waals surface area contributed by atoms with Crippen LogP contribution < -0.4 is 11.0 Å². The Hall–Kier alpha value is -3.81. The number of nitrogens with one attached hydrogen (secondary N) is 1. The van der Waals surface area contributed by atoms with E-state index in [1.165, 1.54) is 6.92 Å². The van der Waals surface area contributed by atoms with Crippen molar-refractivity contribution in [1.82, 2.24) is 14.6 Å². The van der Waals surface area contributed by atoms with Gasteiger partial charge < -0.3 is 0 Å². The van der Waals surface area contributed by atoms with E-state index in [1.54, 1.807) is 55.5 Å². The predicted octanol–water partition coefficient (Wildman–Crippen LogP) is 1.46. The number of carbonyl (C=O) groups is 3. The maximum atomic E-state index is 12.7. The number of rotatable bonds is 3. The topological polar surface area (TPSA) is 101 Å². The normalized spacial score (nSPS) is 14.3. The predicted molar refractivity (Wildman–Crippen MR) is 102 cm³/mol. The van der Waals surface area contributed by atoms with Crippen molar-refractivity contribution in [2.24, 2.45) is 0 Å². The van der Waals surface area contributed by atoms with E-state index in [0.717, 1.165) is 9.58 Å². The molecule has 0 bridgehead atoms. The maximum absolute atomic E-state index is 12.7. The lowest BCUT2D eigenvalue weighted by Gasteiger charge is -2.22. The van der Waals surface area contributed by atoms with Gasteiger partial charge in [-0.25, -0.2) is 9.66 Å². The molecule has 2 heterocycles. The van der Waals surface area contributed by atoms with E-state index in [-0.39, 0.29) is 17.0 Å². The van der Waals surface area contributed by atoms with Crippen molar-refractivity contribution >= 4 is 28.6 Å². The van der Waals surface area contributed by atoms with Crippen LogP contribution in [0, 0.1) is 6.92 Å². The molecule has 3 amide bonds. The molecule has 1 N–H and O–H groups in total. The largest absolute Gasteiger partial charge is 0.280 e. The van der Waals surface area contributed by atoms with Gasteiger partial charge in [0.2, 0.25) is 0 Å². The molecule has 0 spiro atoms. The van der Waals surface area contributed by atoms with Gasteiger partial charge in [0.25, 0.3) is 23.3 Å². The van der Waals surface area contributed by atoms with Crippen LogP contribution in [0.15, 0.2) is 53.3 Å². The van der Waals surface area contributed by atoms with Crippen LogP contribution in [0.1, 0.15) is 33.5 Å². The van der Waals surface area contributed by atoms with Crippen molar-refractivity contribution in [2.75, 3.05) is 5.43 Å². The summed E-state index contributed by atoms with van der Waals surface area (Å²) in [6.07, 6.45) is 0. The zero-order chi connectivity index (χ0) is 20.0. The first kappa shape index (κ1) is 17.6. The Balaban J connectivity index is 1.65. The Morgan fingerprint density at radius 2 is 1.54 bits per heavy atom. The average molecular weight is 376 g/mol. The third kappa shape index (κ3) is 2.58. The molecule has 8 nitrogen and oxygen atoms in total. The SMILES string of the molecule is Cc1nc2ccccc2c(=O)n1NC(=O)C(C)N1C(=O)c2ccccc2C1=O. The molecule has 0 radical (unpaired) electrons. The summed E-state index contributed by atoms with van der Waals surface area (Å²) in [6, 6.07) is 12.1. The molecule has 1 aliphatic rings. The smallest absolute Gasteiger partial charge is 0.271 e. The van der Waals surface area contributed by atoms with Gasteiger partial charge in [-0.15, -0.1) is 0 Å². The second-order valence-electron chi connectivity index (χ2n) is 6.49. The van der Waals surface area contributed by atoms with E-state index in [9.17, 15) is 19.2 Å². The monoisotopic (exact) mass is 376 g/mol. The van der Waals surface area contributed by atoms with E-state index >= 15 is 0 Å². The average Bonchev–Trinajstić information content (AvgIpc) is 2.95. The fourth-order valence-corrected chi connectivity index (χ4v) is 3.26. The first-order chi connectivity index (χ1) is 13.4. The molecule has 0 aliphatic carbocycles. The maximum Gasteiger partial charge on any atom is 0.280 e. The quantitative estimate of drug-likeness (QED) is 0.698. The van der Waals surface area contributed by atoms with E-state index in [1.807, 2.05) is 0 Å². The van der Waals surface area contributed by atoms with Crippen LogP contribution in [0.2, 0.25) is 0 Å². The van der Waals surface area contributed by atoms with E-state index < -0.39 is 29.3 Å². The summed E-state index contributed by atoms with van der Waals surface area (Å²) in [5.74, 6) is -1.46. The van der Waals surface area contributed by atoms with Gasteiger partial charge in [0, 0.05) is 0 Å². The minimum atomic E-state index is -1.11. The summed E-state index contributed by atoms with van der Waals surface area (Å²) in [6.45, 7) is 3.02. The van der Waals surface area contributed by atoms with Crippen LogP contribution in [0.3, 0.4) is 0 Å². The molecule has 28 heavy (non-hydrogen) atoms. The Labute approximate surface area is 159 Å². The lowest BCUT2D eigenvalue weighted by Crippen LogP contribution is -2.49. The molecule has 1 atom stereocenters. The molecular formula is C20H16N4O4. The van der Waals surface area contributed by atoms with Crippen LogP contribution in [0.25, 0.3) is 10.9 Å². The van der Waals surface area contributed by atoms with Crippen LogP contribution in [0.4, 0.5) is 0 Å². The van der Waals surface area contributed by atoms with Crippen molar-refractivity contribution in [3.63, 3.8) is 0 Å². The Morgan fingerprint density at radius 3 is 2.18 bits per heavy atom. The van der Waals surface area contributed by atoms with Gasteiger partial charge in [0.1, 0.15) is 11.9 Å². The minimum Gasteiger partial charge on any atom is -0.271 e. The summed E-state index contributed by atoms with van der Waals surface area (Å²) in [7, 11) is 0. The molecule has 1 aliphatic heterocycles. The van der Waals surface area contributed by atoms with Crippen molar-refractivity contribution in [2.45, 2.75) is 19.9 Å². The number of benzene rings is 2. The number of hydrogen-bond acceptors (Lipinski definition) is 5. The van der Waals surface area contributed by atoms with Gasteiger partial charge >= 0.3 is 0 Å². The molecule has 2 aromatic carbocycles. The summed E-state index contributed by atoms with van der Waals surface area (Å²) in [5.41, 5.74) is 3.06. The van der Waals surface area contributed by atoms with Gasteiger partial charge in [-0.3, -0.25) is 29.5 Å². The molecule has 1 unspecified atom stereocenters. The van der Waals surface area contributed by atoms with Gasteiger partial charge in [0.05, 0.1) is 22.0 Å². The number of imide groups is 1. The van der Waals surface area contributed by atoms with E-state index in [0.29, 0.717) is 10.9 Å². The third-order valence-electron chi connectivity index (χ3n) is 4.76. The second-order valence-corrected chi connectivity index (χ2v) is 6.49. The molecule has 0 fully saturated rings. The highest BCUT2D eigenvalue weighted by Gasteiger charge is 2.40. The molecule has 3 aromatic rings. The summed E-state index contributed by atoms with van der Waals surface area (Å²) < 4.78 is 1.03. The van der Waals surface area contributed by atoms with Crippen molar-refractivity contribution in [3.05, 3.63) is 75.8 Å². The summed E-state index contributed by atoms with van der Waals surface area (Å²) >= 11 is 0. The zero-order valence-corrected chi connectivity index (χ0v) is 15.2. The van der Waals surface area contributed by atoms with Crippen LogP contribution >= 0.6 is 0 Å². The molecule has 4 rings (SSSR count). The highest BCUT2D eigenvalue weighted by atomic mass is 16.2. The lowest BCUT2D eigenvalue weighted by atomic mass is 10.1. The summed E-state index contributed by atoms with van der Waals surface area (Å²) in [5, 5.41) is 0.349. The molecule has 0 saturated carbocycles. The van der Waals surface area contributed by atoms with Crippen molar-refractivity contribution < 1.29 is 14.4 Å². The first-order valence-electron chi connectivity index (χ1n) is 8.66. The highest BCUT2D eigenvalue weighted by Crippen LogP contribution is 2.24. The Bertz CT molecular complexity index is 1180. The van der Waals surface area contributed by atoms with Gasteiger partial charge in [-0.1, -0.05) is 24.3 Å². The Morgan fingerprint density at radius 1 is 0.964 bits per heavy atom. The van der Waals surface area contributed by atoms with Crippen molar-refractivity contribution in [3.8, 4) is 0 Å². The fraction of sp³-hybridized carbons (Fsp3) is 0.150. The second kappa shape index (κ2) is 6.41. The molecule has 0 saturated heterocycles. The zero-order valence-electron chi connectivity index (χ0n) is 15.2. The summed E-state index contributed by atoms with van der Waals surface area (Å²) in [4.78, 5) is 55.8. The number of fused-ring (bicyclic) bond motifs is 2. The first-order valence-corrected chi connectivity index (χ1v) is 8.66. The Kier molecular flexibility index (Phi) is 4.03. The molecule has 140 valence electrons. The number of aryl methyl sites for hydroxylation is 1. The van der Waals surface area contributed by atoms with Gasteiger partial charge in [-0.2, -0.15) is 0 Å². The molecule has 1 aromatic heterocycles. The minimum absolute atomic E-state index is 0.257. The number of nitrogens with zero attached hydrogens (tertiary/aromatic N) is 3. The van der Waals surface area contributed by atoms with Crippen LogP contribution in [-0.4, -0.2) is 38.3 Å². The van der Waals surface area contributed by atoms with Crippen molar-refractivity contribution in [1.29, 1.82) is 0 Å². The number of aromatic nitrogens is 2. The number of carbonyl (C=O) groups excluding carboxylic acids is 3. The van der Waals surface area contributed by atoms with E-state index in [4.69, 9.17) is 0 Å². The molecular weight excluding hydrogens is 360 g/mol. The number of para-hydroxylation sites is 1.